The van der Waals surface area contributed by atoms with Gasteiger partial charge in [0.15, 0.2) is 11.6 Å². The number of alkyl halides is 1. The SMILES string of the molecule is Fc1cccc(CC(Br)c2cccc(Br)c2F)c1F. The molecule has 2 aromatic rings. The molecule has 100 valence electrons. The maximum absolute atomic E-state index is 13.9. The summed E-state index contributed by atoms with van der Waals surface area (Å²) in [5.41, 5.74) is 0.610. The summed E-state index contributed by atoms with van der Waals surface area (Å²) in [6.07, 6.45) is 0.164. The number of benzene rings is 2. The number of halogens is 5. The van der Waals surface area contributed by atoms with Gasteiger partial charge in [-0.15, -0.1) is 0 Å². The molecule has 0 bridgehead atoms. The topological polar surface area (TPSA) is 0 Å². The second-order valence-electron chi connectivity index (χ2n) is 4.03. The van der Waals surface area contributed by atoms with Crippen LogP contribution in [0.3, 0.4) is 0 Å². The molecule has 5 heteroatoms. The van der Waals surface area contributed by atoms with Crippen molar-refractivity contribution in [2.75, 3.05) is 0 Å². The van der Waals surface area contributed by atoms with Gasteiger partial charge in [-0.25, -0.2) is 13.2 Å². The van der Waals surface area contributed by atoms with Gasteiger partial charge < -0.3 is 0 Å². The molecule has 2 aromatic carbocycles. The minimum atomic E-state index is -0.896. The van der Waals surface area contributed by atoms with Crippen molar-refractivity contribution in [1.29, 1.82) is 0 Å². The summed E-state index contributed by atoms with van der Waals surface area (Å²) in [6.45, 7) is 0. The Bertz CT molecular complexity index is 599. The predicted octanol–water partition coefficient (Wildman–Crippen LogP) is 5.55. The number of rotatable bonds is 3. The largest absolute Gasteiger partial charge is 0.205 e. The molecular weight excluding hydrogens is 385 g/mol. The summed E-state index contributed by atoms with van der Waals surface area (Å²) in [7, 11) is 0. The standard InChI is InChI=1S/C14H9Br2F3/c15-10-5-2-4-9(14(10)19)11(16)7-8-3-1-6-12(17)13(8)18/h1-6,11H,7H2. The fourth-order valence-corrected chi connectivity index (χ4v) is 2.86. The lowest BCUT2D eigenvalue weighted by molar-refractivity contribution is 0.497. The van der Waals surface area contributed by atoms with E-state index in [4.69, 9.17) is 0 Å². The van der Waals surface area contributed by atoms with Crippen molar-refractivity contribution in [2.24, 2.45) is 0 Å². The van der Waals surface area contributed by atoms with Crippen LogP contribution in [0.15, 0.2) is 40.9 Å². The van der Waals surface area contributed by atoms with Crippen LogP contribution in [0.25, 0.3) is 0 Å². The Balaban J connectivity index is 2.28. The summed E-state index contributed by atoms with van der Waals surface area (Å²) in [5, 5.41) is 0. The molecule has 0 heterocycles. The Morgan fingerprint density at radius 2 is 1.63 bits per heavy atom. The summed E-state index contributed by atoms with van der Waals surface area (Å²) in [5.74, 6) is -2.18. The maximum atomic E-state index is 13.9. The van der Waals surface area contributed by atoms with E-state index in [2.05, 4.69) is 31.9 Å². The molecule has 0 aliphatic carbocycles. The average molecular weight is 394 g/mol. The van der Waals surface area contributed by atoms with Crippen molar-refractivity contribution in [3.05, 3.63) is 69.4 Å². The molecule has 0 amide bonds. The van der Waals surface area contributed by atoms with Gasteiger partial charge in [-0.05, 0) is 40.0 Å². The fourth-order valence-electron chi connectivity index (χ4n) is 1.77. The monoisotopic (exact) mass is 392 g/mol. The molecule has 2 rings (SSSR count). The van der Waals surface area contributed by atoms with E-state index in [0.717, 1.165) is 6.07 Å². The molecule has 0 fully saturated rings. The molecule has 0 aromatic heterocycles. The van der Waals surface area contributed by atoms with Gasteiger partial charge in [0.1, 0.15) is 5.82 Å². The van der Waals surface area contributed by atoms with E-state index in [1.165, 1.54) is 12.1 Å². The molecule has 0 spiro atoms. The zero-order chi connectivity index (χ0) is 14.0. The lowest BCUT2D eigenvalue weighted by Gasteiger charge is -2.13. The van der Waals surface area contributed by atoms with E-state index >= 15 is 0 Å². The molecule has 0 saturated carbocycles. The van der Waals surface area contributed by atoms with Crippen molar-refractivity contribution in [3.8, 4) is 0 Å². The highest BCUT2D eigenvalue weighted by Gasteiger charge is 2.17. The van der Waals surface area contributed by atoms with Gasteiger partial charge in [0.05, 0.1) is 4.47 Å². The van der Waals surface area contributed by atoms with E-state index in [1.807, 2.05) is 0 Å². The fraction of sp³-hybridized carbons (Fsp3) is 0.143. The summed E-state index contributed by atoms with van der Waals surface area (Å²) in [4.78, 5) is -0.429. The second kappa shape index (κ2) is 6.09. The maximum Gasteiger partial charge on any atom is 0.162 e. The van der Waals surface area contributed by atoms with Gasteiger partial charge in [0.25, 0.3) is 0 Å². The van der Waals surface area contributed by atoms with Gasteiger partial charge in [-0.3, -0.25) is 0 Å². The third-order valence-electron chi connectivity index (χ3n) is 2.75. The van der Waals surface area contributed by atoms with E-state index in [9.17, 15) is 13.2 Å². The van der Waals surface area contributed by atoms with Gasteiger partial charge >= 0.3 is 0 Å². The zero-order valence-corrected chi connectivity index (χ0v) is 12.8. The van der Waals surface area contributed by atoms with Crippen LogP contribution in [-0.4, -0.2) is 0 Å². The smallest absolute Gasteiger partial charge is 0.162 e. The van der Waals surface area contributed by atoms with Crippen LogP contribution in [0.2, 0.25) is 0 Å². The molecule has 19 heavy (non-hydrogen) atoms. The number of hydrogen-bond acceptors (Lipinski definition) is 0. The molecule has 0 aliphatic rings. The summed E-state index contributed by atoms with van der Waals surface area (Å²) in [6, 6.07) is 8.87. The van der Waals surface area contributed by atoms with Crippen LogP contribution in [-0.2, 0) is 6.42 Å². The van der Waals surface area contributed by atoms with E-state index < -0.39 is 22.3 Å². The minimum Gasteiger partial charge on any atom is -0.205 e. The molecule has 0 saturated heterocycles. The van der Waals surface area contributed by atoms with Gasteiger partial charge in [-0.1, -0.05) is 40.2 Å². The van der Waals surface area contributed by atoms with Crippen LogP contribution >= 0.6 is 31.9 Å². The quantitative estimate of drug-likeness (QED) is 0.600. The molecule has 1 unspecified atom stereocenters. The van der Waals surface area contributed by atoms with E-state index in [-0.39, 0.29) is 12.0 Å². The highest BCUT2D eigenvalue weighted by Crippen LogP contribution is 2.32. The van der Waals surface area contributed by atoms with Crippen LogP contribution in [0.4, 0.5) is 13.2 Å². The first-order valence-electron chi connectivity index (χ1n) is 5.51. The highest BCUT2D eigenvalue weighted by atomic mass is 79.9. The van der Waals surface area contributed by atoms with Crippen molar-refractivity contribution in [3.63, 3.8) is 0 Å². The van der Waals surface area contributed by atoms with Crippen molar-refractivity contribution >= 4 is 31.9 Å². The Morgan fingerprint density at radius 3 is 2.37 bits per heavy atom. The molecule has 0 radical (unpaired) electrons. The van der Waals surface area contributed by atoms with Crippen molar-refractivity contribution in [2.45, 2.75) is 11.2 Å². The van der Waals surface area contributed by atoms with E-state index in [0.29, 0.717) is 10.0 Å². The van der Waals surface area contributed by atoms with Crippen LogP contribution in [0.1, 0.15) is 16.0 Å². The van der Waals surface area contributed by atoms with Gasteiger partial charge in [-0.2, -0.15) is 0 Å². The normalized spacial score (nSPS) is 12.5. The first-order valence-corrected chi connectivity index (χ1v) is 7.22. The third kappa shape index (κ3) is 3.20. The third-order valence-corrected chi connectivity index (χ3v) is 4.18. The Labute approximate surface area is 125 Å². The molecule has 1 atom stereocenters. The van der Waals surface area contributed by atoms with Gasteiger partial charge in [0, 0.05) is 10.4 Å². The highest BCUT2D eigenvalue weighted by molar-refractivity contribution is 9.10. The average Bonchev–Trinajstić information content (AvgIpc) is 2.38. The van der Waals surface area contributed by atoms with Crippen LogP contribution < -0.4 is 0 Å². The van der Waals surface area contributed by atoms with Crippen molar-refractivity contribution in [1.82, 2.24) is 0 Å². The van der Waals surface area contributed by atoms with E-state index in [1.54, 1.807) is 18.2 Å². The molecule has 0 nitrogen and oxygen atoms in total. The van der Waals surface area contributed by atoms with Crippen LogP contribution in [0, 0.1) is 17.5 Å². The Hall–Kier alpha value is -0.810. The molecular formula is C14H9Br2F3. The first-order chi connectivity index (χ1) is 9.00. The Morgan fingerprint density at radius 1 is 0.947 bits per heavy atom. The summed E-state index contributed by atoms with van der Waals surface area (Å²) < 4.78 is 40.9. The molecule has 0 aliphatic heterocycles. The van der Waals surface area contributed by atoms with Gasteiger partial charge in [0.2, 0.25) is 0 Å². The second-order valence-corrected chi connectivity index (χ2v) is 5.99. The lowest BCUT2D eigenvalue weighted by atomic mass is 10.0. The Kier molecular flexibility index (Phi) is 4.68. The predicted molar refractivity (Wildman–Crippen MR) is 75.8 cm³/mol. The van der Waals surface area contributed by atoms with Crippen LogP contribution in [0.5, 0.6) is 0 Å². The lowest BCUT2D eigenvalue weighted by Crippen LogP contribution is -2.02. The minimum absolute atomic E-state index is 0.164. The first kappa shape index (κ1) is 14.6. The zero-order valence-electron chi connectivity index (χ0n) is 9.64. The summed E-state index contributed by atoms with van der Waals surface area (Å²) >= 11 is 6.41. The number of hydrogen-bond donors (Lipinski definition) is 0. The van der Waals surface area contributed by atoms with Crippen molar-refractivity contribution < 1.29 is 13.2 Å². The molecule has 0 N–H and O–H groups in total.